The van der Waals surface area contributed by atoms with Crippen molar-refractivity contribution < 1.29 is 18.0 Å². The third-order valence-electron chi connectivity index (χ3n) is 0. The van der Waals surface area contributed by atoms with Gasteiger partial charge in [0.1, 0.15) is 0 Å². The molecule has 0 radical (unpaired) electrons. The van der Waals surface area contributed by atoms with Crippen LogP contribution < -0.4 is 0 Å². The Labute approximate surface area is 79.4 Å². The van der Waals surface area contributed by atoms with E-state index in [0.717, 1.165) is 0 Å². The second-order valence-corrected chi connectivity index (χ2v) is 0.692. The molecule has 36 valence electrons. The molecule has 2 N–H and O–H groups in total. The van der Waals surface area contributed by atoms with Gasteiger partial charge in [0, 0.05) is 0 Å². The molecule has 0 atom stereocenters. The van der Waals surface area contributed by atoms with E-state index in [9.17, 15) is 0 Å². The Kier molecular flexibility index (Phi) is 25.6. The normalized spacial score (nSPS) is 5.83. The summed E-state index contributed by atoms with van der Waals surface area (Å²) >= 11 is -2.61. The van der Waals surface area contributed by atoms with E-state index in [1.54, 1.807) is 0 Å². The molecule has 0 saturated heterocycles. The molecule has 0 heterocycles. The van der Waals surface area contributed by atoms with Crippen LogP contribution in [-0.4, -0.2) is 64.7 Å². The molecule has 0 aliphatic heterocycles. The minimum absolute atomic E-state index is 0. The number of hydrogen-bond acceptors (Lipinski definition) is 1. The van der Waals surface area contributed by atoms with Crippen LogP contribution in [-0.2, 0) is 11.4 Å². The van der Waals surface area contributed by atoms with Gasteiger partial charge >= 0.3 is 51.4 Å². The van der Waals surface area contributed by atoms with Crippen LogP contribution in [0.2, 0.25) is 0 Å². The average Bonchev–Trinajstić information content (AvgIpc) is 0.811. The monoisotopic (exact) mass is 142 g/mol. The van der Waals surface area contributed by atoms with Crippen LogP contribution in [0.3, 0.4) is 0 Å². The molecule has 0 bridgehead atoms. The van der Waals surface area contributed by atoms with Crippen molar-refractivity contribution >= 4 is 62.7 Å². The van der Waals surface area contributed by atoms with E-state index >= 15 is 0 Å². The fraction of sp³-hybridized carbons (Fsp3) is 0. The third kappa shape index (κ3) is 45.2. The van der Waals surface area contributed by atoms with Crippen LogP contribution in [0.25, 0.3) is 0 Å². The molecule has 3 nitrogen and oxygen atoms in total. The van der Waals surface area contributed by atoms with E-state index in [1.165, 1.54) is 0 Å². The van der Waals surface area contributed by atoms with Gasteiger partial charge in [0.05, 0.1) is 0 Å². The minimum atomic E-state index is -2.61. The topological polar surface area (TPSA) is 57.5 Å². The van der Waals surface area contributed by atoms with Crippen LogP contribution >= 0.6 is 0 Å². The first-order chi connectivity index (χ1) is 1.73. The maximum absolute atomic E-state index is 8.67. The predicted octanol–water partition coefficient (Wildman–Crippen LogP) is -0.815. The first-order valence-corrected chi connectivity index (χ1v) is 1.60. The van der Waals surface area contributed by atoms with Crippen molar-refractivity contribution in [3.8, 4) is 0 Å². The van der Waals surface area contributed by atoms with Gasteiger partial charge in [-0.05, 0) is 0 Å². The summed E-state index contributed by atoms with van der Waals surface area (Å²) in [4.78, 5) is 0. The van der Waals surface area contributed by atoms with Crippen LogP contribution in [0, 0.1) is 0 Å². The van der Waals surface area contributed by atoms with Crippen LogP contribution in [0.1, 0.15) is 0 Å². The van der Waals surface area contributed by atoms with E-state index in [-0.39, 0.29) is 56.1 Å². The standard InChI is InChI=1S/FH.K.H2O3S.H/c;;1-4(2)3;/h1H;;(H2,1,2,3);. The second kappa shape index (κ2) is 9.81. The molecule has 0 unspecified atom stereocenters. The first-order valence-electron chi connectivity index (χ1n) is 0.532. The van der Waals surface area contributed by atoms with E-state index in [4.69, 9.17) is 13.3 Å². The molecule has 0 aliphatic rings. The van der Waals surface area contributed by atoms with Crippen molar-refractivity contribution in [2.45, 2.75) is 0 Å². The van der Waals surface area contributed by atoms with Crippen LogP contribution in [0.4, 0.5) is 4.70 Å². The molecular weight excluding hydrogens is 138 g/mol. The quantitative estimate of drug-likeness (QED) is 0.343. The zero-order chi connectivity index (χ0) is 3.58. The van der Waals surface area contributed by atoms with Gasteiger partial charge in [0.25, 0.3) is 11.4 Å². The summed E-state index contributed by atoms with van der Waals surface area (Å²) in [7, 11) is 0. The molecule has 0 aromatic carbocycles. The van der Waals surface area contributed by atoms with Crippen LogP contribution in [0.15, 0.2) is 0 Å². The summed E-state index contributed by atoms with van der Waals surface area (Å²) in [6, 6.07) is 0. The van der Waals surface area contributed by atoms with Gasteiger partial charge in [-0.1, -0.05) is 0 Å². The zero-order valence-corrected chi connectivity index (χ0v) is 2.94. The number of rotatable bonds is 0. The Bertz CT molecular complexity index is 33.8. The van der Waals surface area contributed by atoms with Gasteiger partial charge in [0.2, 0.25) is 0 Å². The molecule has 0 amide bonds. The Morgan fingerprint density at radius 1 is 1.33 bits per heavy atom. The van der Waals surface area contributed by atoms with Gasteiger partial charge in [-0.25, -0.2) is 0 Å². The molecule has 6 heteroatoms. The fourth-order valence-electron chi connectivity index (χ4n) is 0. The number of hydrogen-bond donors (Lipinski definition) is 2. The van der Waals surface area contributed by atoms with Gasteiger partial charge in [-0.2, -0.15) is 4.21 Å². The van der Waals surface area contributed by atoms with Gasteiger partial charge in [0.15, 0.2) is 0 Å². The molecule has 6 heavy (non-hydrogen) atoms. The zero-order valence-electron chi connectivity index (χ0n) is 2.12. The average molecular weight is 142 g/mol. The van der Waals surface area contributed by atoms with E-state index in [1.807, 2.05) is 0 Å². The molecule has 0 aromatic rings. The first kappa shape index (κ1) is 15.6. The molecule has 0 saturated carbocycles. The SMILES string of the molecule is F.O=S(O)O.[KH]. The molecule has 0 fully saturated rings. The van der Waals surface area contributed by atoms with E-state index in [0.29, 0.717) is 0 Å². The second-order valence-electron chi connectivity index (χ2n) is 0.231. The molecule has 0 rings (SSSR count). The van der Waals surface area contributed by atoms with Crippen molar-refractivity contribution in [2.75, 3.05) is 0 Å². The van der Waals surface area contributed by atoms with E-state index in [2.05, 4.69) is 0 Å². The summed E-state index contributed by atoms with van der Waals surface area (Å²) in [6.07, 6.45) is 0. The van der Waals surface area contributed by atoms with Crippen molar-refractivity contribution in [1.82, 2.24) is 0 Å². The van der Waals surface area contributed by atoms with Crippen molar-refractivity contribution in [2.24, 2.45) is 0 Å². The van der Waals surface area contributed by atoms with E-state index < -0.39 is 11.4 Å². The molecule has 0 aromatic heterocycles. The summed E-state index contributed by atoms with van der Waals surface area (Å²) < 4.78 is 22.8. The van der Waals surface area contributed by atoms with Crippen molar-refractivity contribution in [3.05, 3.63) is 0 Å². The Hall–Kier alpha value is 1.64. The van der Waals surface area contributed by atoms with Gasteiger partial charge < -0.3 is 0 Å². The third-order valence-corrected chi connectivity index (χ3v) is 0. The van der Waals surface area contributed by atoms with Gasteiger partial charge in [-0.15, -0.1) is 0 Å². The molecule has 0 aliphatic carbocycles. The summed E-state index contributed by atoms with van der Waals surface area (Å²) in [5.41, 5.74) is 0. The Morgan fingerprint density at radius 2 is 1.33 bits per heavy atom. The number of halogens is 1. The predicted molar refractivity (Wildman–Crippen MR) is 23.1 cm³/mol. The summed E-state index contributed by atoms with van der Waals surface area (Å²) in [5.74, 6) is 0. The van der Waals surface area contributed by atoms with Crippen molar-refractivity contribution in [1.29, 1.82) is 0 Å². The van der Waals surface area contributed by atoms with Crippen molar-refractivity contribution in [3.63, 3.8) is 0 Å². The molecular formula is H4FKO3S. The Morgan fingerprint density at radius 3 is 1.33 bits per heavy atom. The summed E-state index contributed by atoms with van der Waals surface area (Å²) in [5, 5.41) is 0. The summed E-state index contributed by atoms with van der Waals surface area (Å²) in [6.45, 7) is 0. The van der Waals surface area contributed by atoms with Gasteiger partial charge in [-0.3, -0.25) is 13.8 Å². The fourth-order valence-corrected chi connectivity index (χ4v) is 0. The Balaban J connectivity index is -0.0000000450. The maximum atomic E-state index is 8.67. The van der Waals surface area contributed by atoms with Crippen LogP contribution in [0.5, 0.6) is 0 Å². The molecule has 0 spiro atoms.